The first-order valence-electron chi connectivity index (χ1n) is 5.85. The van der Waals surface area contributed by atoms with Gasteiger partial charge in [0.25, 0.3) is 0 Å². The van der Waals surface area contributed by atoms with E-state index in [-0.39, 0.29) is 0 Å². The third-order valence-electron chi connectivity index (χ3n) is 2.67. The maximum atomic E-state index is 5.81. The summed E-state index contributed by atoms with van der Waals surface area (Å²) in [5, 5.41) is 0. The quantitative estimate of drug-likeness (QED) is 0.765. The van der Waals surface area contributed by atoms with E-state index in [1.54, 1.807) is 12.4 Å². The molecule has 0 bridgehead atoms. The molecule has 3 rings (SSSR count). The molecule has 3 aromatic rings. The van der Waals surface area contributed by atoms with Crippen LogP contribution in [-0.2, 0) is 0 Å². The predicted molar refractivity (Wildman–Crippen MR) is 78.2 cm³/mol. The highest BCUT2D eigenvalue weighted by molar-refractivity contribution is 9.10. The summed E-state index contributed by atoms with van der Waals surface area (Å²) >= 11 is 3.52. The van der Waals surface area contributed by atoms with E-state index in [0.29, 0.717) is 0 Å². The molecular formula is C15H11BrN2O. The SMILES string of the molecule is Brc1ccc(Oc2ccccc2)cc1-c1ncc[nH]1. The first-order valence-corrected chi connectivity index (χ1v) is 6.64. The van der Waals surface area contributed by atoms with E-state index in [1.165, 1.54) is 0 Å². The van der Waals surface area contributed by atoms with E-state index >= 15 is 0 Å². The molecule has 0 radical (unpaired) electrons. The van der Waals surface area contributed by atoms with Crippen LogP contribution in [0.25, 0.3) is 11.4 Å². The summed E-state index contributed by atoms with van der Waals surface area (Å²) in [6, 6.07) is 15.5. The number of aromatic nitrogens is 2. The molecule has 0 saturated heterocycles. The van der Waals surface area contributed by atoms with Crippen molar-refractivity contribution in [3.8, 4) is 22.9 Å². The molecule has 19 heavy (non-hydrogen) atoms. The Morgan fingerprint density at radius 3 is 2.58 bits per heavy atom. The van der Waals surface area contributed by atoms with E-state index in [0.717, 1.165) is 27.4 Å². The summed E-state index contributed by atoms with van der Waals surface area (Å²) < 4.78 is 6.78. The van der Waals surface area contributed by atoms with E-state index < -0.39 is 0 Å². The largest absolute Gasteiger partial charge is 0.457 e. The van der Waals surface area contributed by atoms with E-state index in [4.69, 9.17) is 4.74 Å². The molecule has 0 saturated carbocycles. The molecule has 1 heterocycles. The van der Waals surface area contributed by atoms with Gasteiger partial charge >= 0.3 is 0 Å². The van der Waals surface area contributed by atoms with Crippen LogP contribution in [0.3, 0.4) is 0 Å². The summed E-state index contributed by atoms with van der Waals surface area (Å²) in [6.45, 7) is 0. The molecule has 0 amide bonds. The van der Waals surface area contributed by atoms with Crippen molar-refractivity contribution in [2.75, 3.05) is 0 Å². The fourth-order valence-electron chi connectivity index (χ4n) is 1.79. The Labute approximate surface area is 119 Å². The molecular weight excluding hydrogens is 304 g/mol. The average molecular weight is 315 g/mol. The monoisotopic (exact) mass is 314 g/mol. The lowest BCUT2D eigenvalue weighted by Crippen LogP contribution is -1.87. The van der Waals surface area contributed by atoms with Crippen molar-refractivity contribution in [1.29, 1.82) is 0 Å². The standard InChI is InChI=1S/C15H11BrN2O/c16-14-7-6-12(19-11-4-2-1-3-5-11)10-13(14)15-17-8-9-18-15/h1-10H,(H,17,18). The van der Waals surface area contributed by atoms with Gasteiger partial charge in [-0.15, -0.1) is 0 Å². The Bertz CT molecular complexity index is 666. The fraction of sp³-hybridized carbons (Fsp3) is 0. The van der Waals surface area contributed by atoms with Crippen LogP contribution >= 0.6 is 15.9 Å². The Kier molecular flexibility index (Phi) is 3.33. The van der Waals surface area contributed by atoms with Crippen molar-refractivity contribution in [3.05, 3.63) is 65.4 Å². The van der Waals surface area contributed by atoms with Crippen LogP contribution in [0, 0.1) is 0 Å². The van der Waals surface area contributed by atoms with Crippen LogP contribution in [-0.4, -0.2) is 9.97 Å². The van der Waals surface area contributed by atoms with Gasteiger partial charge in [-0.3, -0.25) is 0 Å². The summed E-state index contributed by atoms with van der Waals surface area (Å²) in [6.07, 6.45) is 3.53. The first kappa shape index (κ1) is 12.0. The number of nitrogens with zero attached hydrogens (tertiary/aromatic N) is 1. The Hall–Kier alpha value is -2.07. The number of rotatable bonds is 3. The maximum absolute atomic E-state index is 5.81. The van der Waals surface area contributed by atoms with Gasteiger partial charge in [0.05, 0.1) is 0 Å². The molecule has 1 N–H and O–H groups in total. The summed E-state index contributed by atoms with van der Waals surface area (Å²) in [5.41, 5.74) is 0.971. The lowest BCUT2D eigenvalue weighted by Gasteiger charge is -2.08. The number of nitrogens with one attached hydrogen (secondary N) is 1. The van der Waals surface area contributed by atoms with Gasteiger partial charge in [-0.1, -0.05) is 34.1 Å². The zero-order valence-corrected chi connectivity index (χ0v) is 11.6. The van der Waals surface area contributed by atoms with E-state index in [2.05, 4.69) is 25.9 Å². The van der Waals surface area contributed by atoms with Crippen LogP contribution in [0.5, 0.6) is 11.5 Å². The lowest BCUT2D eigenvalue weighted by atomic mass is 10.2. The lowest BCUT2D eigenvalue weighted by molar-refractivity contribution is 0.483. The first-order chi connectivity index (χ1) is 9.33. The second-order valence-corrected chi connectivity index (χ2v) is 4.85. The van der Waals surface area contributed by atoms with E-state index in [1.807, 2.05) is 48.5 Å². The minimum atomic E-state index is 0.779. The van der Waals surface area contributed by atoms with Gasteiger partial charge in [-0.05, 0) is 30.3 Å². The van der Waals surface area contributed by atoms with Gasteiger partial charge in [-0.25, -0.2) is 4.98 Å². The third kappa shape index (κ3) is 2.69. The smallest absolute Gasteiger partial charge is 0.138 e. The number of para-hydroxylation sites is 1. The normalized spacial score (nSPS) is 10.4. The van der Waals surface area contributed by atoms with Gasteiger partial charge in [0.2, 0.25) is 0 Å². The molecule has 1 aromatic heterocycles. The minimum Gasteiger partial charge on any atom is -0.457 e. The van der Waals surface area contributed by atoms with Crippen LogP contribution in [0.15, 0.2) is 65.4 Å². The third-order valence-corrected chi connectivity index (χ3v) is 3.36. The highest BCUT2D eigenvalue weighted by Crippen LogP contribution is 2.31. The molecule has 0 aliphatic rings. The summed E-state index contributed by atoms with van der Waals surface area (Å²) in [4.78, 5) is 7.34. The van der Waals surface area contributed by atoms with Gasteiger partial charge in [-0.2, -0.15) is 0 Å². The summed E-state index contributed by atoms with van der Waals surface area (Å²) in [5.74, 6) is 2.40. The second kappa shape index (κ2) is 5.28. The van der Waals surface area contributed by atoms with Gasteiger partial charge in [0.15, 0.2) is 0 Å². The molecule has 0 spiro atoms. The molecule has 4 heteroatoms. The number of imidazole rings is 1. The van der Waals surface area contributed by atoms with Crippen molar-refractivity contribution in [2.45, 2.75) is 0 Å². The zero-order chi connectivity index (χ0) is 13.1. The number of hydrogen-bond donors (Lipinski definition) is 1. The molecule has 0 unspecified atom stereocenters. The van der Waals surface area contributed by atoms with Crippen molar-refractivity contribution in [1.82, 2.24) is 9.97 Å². The number of aromatic amines is 1. The number of benzene rings is 2. The van der Waals surface area contributed by atoms with Crippen molar-refractivity contribution < 1.29 is 4.74 Å². The molecule has 3 nitrogen and oxygen atoms in total. The highest BCUT2D eigenvalue weighted by atomic mass is 79.9. The second-order valence-electron chi connectivity index (χ2n) is 3.99. The number of H-pyrrole nitrogens is 1. The van der Waals surface area contributed by atoms with Crippen LogP contribution < -0.4 is 4.74 Å². The zero-order valence-electron chi connectivity index (χ0n) is 10.0. The topological polar surface area (TPSA) is 37.9 Å². The van der Waals surface area contributed by atoms with Crippen LogP contribution in [0.1, 0.15) is 0 Å². The van der Waals surface area contributed by atoms with Crippen molar-refractivity contribution in [3.63, 3.8) is 0 Å². The Morgan fingerprint density at radius 2 is 1.84 bits per heavy atom. The maximum Gasteiger partial charge on any atom is 0.138 e. The summed E-state index contributed by atoms with van der Waals surface area (Å²) in [7, 11) is 0. The highest BCUT2D eigenvalue weighted by Gasteiger charge is 2.07. The Balaban J connectivity index is 1.94. The van der Waals surface area contributed by atoms with Gasteiger partial charge in [0.1, 0.15) is 17.3 Å². The van der Waals surface area contributed by atoms with Gasteiger partial charge in [0, 0.05) is 22.4 Å². The Morgan fingerprint density at radius 1 is 1.00 bits per heavy atom. The molecule has 0 fully saturated rings. The number of hydrogen-bond acceptors (Lipinski definition) is 2. The van der Waals surface area contributed by atoms with Crippen LogP contribution in [0.2, 0.25) is 0 Å². The van der Waals surface area contributed by atoms with Gasteiger partial charge < -0.3 is 9.72 Å². The molecule has 0 aliphatic carbocycles. The average Bonchev–Trinajstić information content (AvgIpc) is 2.96. The molecule has 0 atom stereocenters. The minimum absolute atomic E-state index is 0.779. The van der Waals surface area contributed by atoms with Crippen molar-refractivity contribution >= 4 is 15.9 Å². The fourth-order valence-corrected chi connectivity index (χ4v) is 2.22. The van der Waals surface area contributed by atoms with Crippen molar-refractivity contribution in [2.24, 2.45) is 0 Å². The van der Waals surface area contributed by atoms with Crippen LogP contribution in [0.4, 0.5) is 0 Å². The predicted octanol–water partition coefficient (Wildman–Crippen LogP) is 4.63. The molecule has 0 aliphatic heterocycles. The number of halogens is 1. The molecule has 2 aromatic carbocycles. The number of ether oxygens (including phenoxy) is 1. The van der Waals surface area contributed by atoms with E-state index in [9.17, 15) is 0 Å². The molecule has 94 valence electrons.